The van der Waals surface area contributed by atoms with E-state index < -0.39 is 0 Å². The number of hydrogen-bond donors (Lipinski definition) is 2. The van der Waals surface area contributed by atoms with Crippen molar-refractivity contribution in [1.29, 1.82) is 0 Å². The van der Waals surface area contributed by atoms with E-state index in [1.54, 1.807) is 18.2 Å². The van der Waals surface area contributed by atoms with Gasteiger partial charge in [-0.25, -0.2) is 0 Å². The molecule has 1 aromatic rings. The van der Waals surface area contributed by atoms with Gasteiger partial charge in [0.1, 0.15) is 0 Å². The van der Waals surface area contributed by atoms with Gasteiger partial charge in [-0.05, 0) is 31.0 Å². The van der Waals surface area contributed by atoms with Gasteiger partial charge in [0.15, 0.2) is 0 Å². The molecule has 0 radical (unpaired) electrons. The molecule has 1 aromatic carbocycles. The predicted molar refractivity (Wildman–Crippen MR) is 81.5 cm³/mol. The second kappa shape index (κ2) is 6.73. The van der Waals surface area contributed by atoms with Crippen molar-refractivity contribution in [2.45, 2.75) is 44.2 Å². The fraction of sp³-hybridized carbons (Fsp3) is 0.500. The van der Waals surface area contributed by atoms with E-state index in [-0.39, 0.29) is 18.0 Å². The van der Waals surface area contributed by atoms with Crippen LogP contribution in [0.25, 0.3) is 0 Å². The van der Waals surface area contributed by atoms with Crippen molar-refractivity contribution in [2.75, 3.05) is 0 Å². The number of nitrogens with one attached hydrogen (secondary N) is 1. The maximum atomic E-state index is 12.2. The summed E-state index contributed by atoms with van der Waals surface area (Å²) in [6.07, 6.45) is 5.40. The first kappa shape index (κ1) is 14.8. The zero-order valence-corrected chi connectivity index (χ0v) is 13.0. The van der Waals surface area contributed by atoms with E-state index in [9.17, 15) is 4.79 Å². The molecule has 3 N–H and O–H groups in total. The van der Waals surface area contributed by atoms with E-state index in [1.807, 2.05) is 0 Å². The van der Waals surface area contributed by atoms with E-state index in [0.717, 1.165) is 30.2 Å². The third-order valence-corrected chi connectivity index (χ3v) is 4.19. The van der Waals surface area contributed by atoms with Gasteiger partial charge >= 0.3 is 0 Å². The maximum Gasteiger partial charge on any atom is 0.251 e. The summed E-state index contributed by atoms with van der Waals surface area (Å²) in [6.45, 7) is 0. The van der Waals surface area contributed by atoms with Crippen LogP contribution in [-0.2, 0) is 0 Å². The molecular weight excluding hydrogens is 328 g/mol. The van der Waals surface area contributed by atoms with Gasteiger partial charge in [0.2, 0.25) is 0 Å². The van der Waals surface area contributed by atoms with Crippen LogP contribution < -0.4 is 11.1 Å². The molecule has 1 aliphatic rings. The first-order valence-electron chi connectivity index (χ1n) is 6.59. The normalized spacial score (nSPS) is 23.7. The first-order chi connectivity index (χ1) is 9.06. The molecule has 104 valence electrons. The number of nitrogens with two attached hydrogens (primary N) is 1. The summed E-state index contributed by atoms with van der Waals surface area (Å²) >= 11 is 9.30. The topological polar surface area (TPSA) is 55.1 Å². The highest BCUT2D eigenvalue weighted by Crippen LogP contribution is 2.21. The molecule has 0 bridgehead atoms. The minimum atomic E-state index is -0.106. The van der Waals surface area contributed by atoms with Gasteiger partial charge in [-0.1, -0.05) is 46.8 Å². The maximum absolute atomic E-state index is 12.2. The predicted octanol–water partition coefficient (Wildman–Crippen LogP) is 3.49. The minimum absolute atomic E-state index is 0.0501. The SMILES string of the molecule is NC1CCCCCC1NC(=O)c1cc(Cl)cc(Br)c1. The molecule has 1 aliphatic carbocycles. The average molecular weight is 346 g/mol. The Bertz CT molecular complexity index is 447. The van der Waals surface area contributed by atoms with Gasteiger partial charge in [0.25, 0.3) is 5.91 Å². The summed E-state index contributed by atoms with van der Waals surface area (Å²) in [6, 6.07) is 5.31. The molecule has 0 aliphatic heterocycles. The quantitative estimate of drug-likeness (QED) is 0.806. The van der Waals surface area contributed by atoms with E-state index >= 15 is 0 Å². The monoisotopic (exact) mass is 344 g/mol. The summed E-state index contributed by atoms with van der Waals surface area (Å²) in [4.78, 5) is 12.2. The highest BCUT2D eigenvalue weighted by atomic mass is 79.9. The van der Waals surface area contributed by atoms with Crippen molar-refractivity contribution in [3.63, 3.8) is 0 Å². The van der Waals surface area contributed by atoms with Gasteiger partial charge in [-0.3, -0.25) is 4.79 Å². The van der Waals surface area contributed by atoms with E-state index in [1.165, 1.54) is 6.42 Å². The van der Waals surface area contributed by atoms with Crippen LogP contribution in [0.1, 0.15) is 42.5 Å². The second-order valence-electron chi connectivity index (χ2n) is 5.04. The van der Waals surface area contributed by atoms with Crippen LogP contribution in [0.5, 0.6) is 0 Å². The van der Waals surface area contributed by atoms with Crippen molar-refractivity contribution < 1.29 is 4.79 Å². The lowest BCUT2D eigenvalue weighted by molar-refractivity contribution is 0.0929. The average Bonchev–Trinajstić information content (AvgIpc) is 2.54. The van der Waals surface area contributed by atoms with Crippen molar-refractivity contribution in [3.05, 3.63) is 33.3 Å². The number of halogens is 2. The van der Waals surface area contributed by atoms with Crippen molar-refractivity contribution >= 4 is 33.4 Å². The van der Waals surface area contributed by atoms with Crippen LogP contribution in [0.15, 0.2) is 22.7 Å². The van der Waals surface area contributed by atoms with Crippen LogP contribution >= 0.6 is 27.5 Å². The number of carbonyl (C=O) groups excluding carboxylic acids is 1. The minimum Gasteiger partial charge on any atom is -0.348 e. The zero-order chi connectivity index (χ0) is 13.8. The molecule has 0 heterocycles. The molecule has 5 heteroatoms. The summed E-state index contributed by atoms with van der Waals surface area (Å²) in [5.41, 5.74) is 6.68. The Kier molecular flexibility index (Phi) is 5.25. The van der Waals surface area contributed by atoms with Crippen LogP contribution in [0.4, 0.5) is 0 Å². The lowest BCUT2D eigenvalue weighted by Crippen LogP contribution is -2.46. The van der Waals surface area contributed by atoms with Gasteiger partial charge in [-0.2, -0.15) is 0 Å². The molecule has 1 amide bonds. The molecule has 2 unspecified atom stereocenters. The third kappa shape index (κ3) is 4.20. The highest BCUT2D eigenvalue weighted by Gasteiger charge is 2.22. The smallest absolute Gasteiger partial charge is 0.251 e. The van der Waals surface area contributed by atoms with Crippen LogP contribution in [0.2, 0.25) is 5.02 Å². The second-order valence-corrected chi connectivity index (χ2v) is 6.39. The number of benzene rings is 1. The molecule has 1 saturated carbocycles. The largest absolute Gasteiger partial charge is 0.348 e. The number of carbonyl (C=O) groups is 1. The van der Waals surface area contributed by atoms with Crippen LogP contribution in [0.3, 0.4) is 0 Å². The molecule has 3 nitrogen and oxygen atoms in total. The molecule has 19 heavy (non-hydrogen) atoms. The Hall–Kier alpha value is -0.580. The Labute approximate surface area is 127 Å². The van der Waals surface area contributed by atoms with Crippen molar-refractivity contribution in [3.8, 4) is 0 Å². The first-order valence-corrected chi connectivity index (χ1v) is 7.76. The Morgan fingerprint density at radius 3 is 2.74 bits per heavy atom. The Morgan fingerprint density at radius 2 is 2.00 bits per heavy atom. The molecule has 2 rings (SSSR count). The summed E-state index contributed by atoms with van der Waals surface area (Å²) in [5.74, 6) is -0.106. The molecule has 0 saturated heterocycles. The van der Waals surface area contributed by atoms with Gasteiger partial charge in [0.05, 0.1) is 0 Å². The standard InChI is InChI=1S/C14H18BrClN2O/c15-10-6-9(7-11(16)8-10)14(19)18-13-5-3-1-2-4-12(13)17/h6-8,12-13H,1-5,17H2,(H,18,19). The van der Waals surface area contributed by atoms with Gasteiger partial charge in [-0.15, -0.1) is 0 Å². The number of hydrogen-bond acceptors (Lipinski definition) is 2. The summed E-state index contributed by atoms with van der Waals surface area (Å²) < 4.78 is 0.801. The molecule has 0 spiro atoms. The zero-order valence-electron chi connectivity index (χ0n) is 10.7. The van der Waals surface area contributed by atoms with Gasteiger partial charge in [0, 0.05) is 27.1 Å². The molecule has 1 fully saturated rings. The van der Waals surface area contributed by atoms with Gasteiger partial charge < -0.3 is 11.1 Å². The fourth-order valence-electron chi connectivity index (χ4n) is 2.45. The Balaban J connectivity index is 2.07. The molecule has 0 aromatic heterocycles. The van der Waals surface area contributed by atoms with Crippen LogP contribution in [0, 0.1) is 0 Å². The third-order valence-electron chi connectivity index (χ3n) is 3.51. The lowest BCUT2D eigenvalue weighted by atomic mass is 10.0. The van der Waals surface area contributed by atoms with E-state index in [2.05, 4.69) is 21.2 Å². The highest BCUT2D eigenvalue weighted by molar-refractivity contribution is 9.10. The Morgan fingerprint density at radius 1 is 1.26 bits per heavy atom. The van der Waals surface area contributed by atoms with Crippen molar-refractivity contribution in [2.24, 2.45) is 5.73 Å². The summed E-state index contributed by atoms with van der Waals surface area (Å²) in [7, 11) is 0. The lowest BCUT2D eigenvalue weighted by Gasteiger charge is -2.22. The molecule has 2 atom stereocenters. The van der Waals surface area contributed by atoms with E-state index in [4.69, 9.17) is 17.3 Å². The fourth-order valence-corrected chi connectivity index (χ4v) is 3.31. The van der Waals surface area contributed by atoms with Crippen molar-refractivity contribution in [1.82, 2.24) is 5.32 Å². The van der Waals surface area contributed by atoms with Crippen LogP contribution in [-0.4, -0.2) is 18.0 Å². The molecular formula is C14H18BrClN2O. The number of rotatable bonds is 2. The summed E-state index contributed by atoms with van der Waals surface area (Å²) in [5, 5.41) is 3.58. The van der Waals surface area contributed by atoms with E-state index in [0.29, 0.717) is 10.6 Å². The number of amides is 1.